The van der Waals surface area contributed by atoms with Gasteiger partial charge in [0.2, 0.25) is 5.91 Å². The molecule has 2 amide bonds. The molecule has 1 atom stereocenters. The van der Waals surface area contributed by atoms with Crippen LogP contribution in [0.2, 0.25) is 0 Å². The maximum atomic E-state index is 13.2. The van der Waals surface area contributed by atoms with Gasteiger partial charge in [-0.3, -0.25) is 9.59 Å². The van der Waals surface area contributed by atoms with Crippen molar-refractivity contribution in [2.24, 2.45) is 5.73 Å². The number of dihydropyridines is 1. The number of benzene rings is 1. The number of hydrogen-bond donors (Lipinski definition) is 3. The fraction of sp³-hybridized carbons (Fsp3) is 0.143. The van der Waals surface area contributed by atoms with Gasteiger partial charge in [0.15, 0.2) is 12.4 Å². The second kappa shape index (κ2) is 9.08. The fourth-order valence-electron chi connectivity index (χ4n) is 3.12. The topological polar surface area (TPSA) is 122 Å². The van der Waals surface area contributed by atoms with E-state index in [1.807, 2.05) is 30.3 Å². The summed E-state index contributed by atoms with van der Waals surface area (Å²) in [6.45, 7) is 1.78. The first-order valence-electron chi connectivity index (χ1n) is 8.86. The smallest absolute Gasteiger partial charge is 0.254 e. The van der Waals surface area contributed by atoms with Crippen molar-refractivity contribution in [1.82, 2.24) is 5.32 Å². The molecular formula is C21H20N5O2S+. The number of thioether (sulfide) groups is 1. The molecule has 0 saturated heterocycles. The van der Waals surface area contributed by atoms with E-state index in [1.165, 1.54) is 0 Å². The number of para-hydroxylation sites is 1. The Balaban J connectivity index is 2.04. The standard InChI is InChI=1S/C21H19N5O2S/c1-13-18(20(28)26-15-5-3-2-4-6-15)19(14-7-9-24-10-8-14)16(11-22)21(25-13)29-12-17(23)27/h2-10,19,25H,12H2,1H3,(H2,23,27)(H,26,28)/p+1. The lowest BCUT2D eigenvalue weighted by atomic mass is 9.82. The minimum absolute atomic E-state index is 0.0294. The summed E-state index contributed by atoms with van der Waals surface area (Å²) in [5.74, 6) is -1.33. The maximum absolute atomic E-state index is 13.2. The molecule has 0 saturated carbocycles. The van der Waals surface area contributed by atoms with Crippen LogP contribution in [-0.4, -0.2) is 17.6 Å². The maximum Gasteiger partial charge on any atom is 0.254 e. The van der Waals surface area contributed by atoms with Gasteiger partial charge in [0.05, 0.1) is 28.3 Å². The van der Waals surface area contributed by atoms with Gasteiger partial charge in [0.25, 0.3) is 5.91 Å². The Morgan fingerprint density at radius 2 is 1.93 bits per heavy atom. The largest absolute Gasteiger partial charge is 0.369 e. The molecule has 0 aliphatic carbocycles. The minimum Gasteiger partial charge on any atom is -0.369 e. The Hall–Kier alpha value is -3.57. The third kappa shape index (κ3) is 4.65. The first-order chi connectivity index (χ1) is 14.0. The zero-order valence-corrected chi connectivity index (χ0v) is 16.5. The Kier molecular flexibility index (Phi) is 6.32. The molecule has 2 aromatic rings. The quantitative estimate of drug-likeness (QED) is 0.678. The zero-order valence-electron chi connectivity index (χ0n) is 15.7. The van der Waals surface area contributed by atoms with Gasteiger partial charge < -0.3 is 16.4 Å². The van der Waals surface area contributed by atoms with E-state index in [0.717, 1.165) is 17.3 Å². The first kappa shape index (κ1) is 20.2. The van der Waals surface area contributed by atoms with Gasteiger partial charge in [-0.25, -0.2) is 4.98 Å². The number of aromatic nitrogens is 1. The number of nitrogens with zero attached hydrogens (tertiary/aromatic N) is 1. The van der Waals surface area contributed by atoms with Crippen molar-refractivity contribution in [2.75, 3.05) is 11.1 Å². The zero-order chi connectivity index (χ0) is 20.8. The molecule has 5 N–H and O–H groups in total. The predicted molar refractivity (Wildman–Crippen MR) is 111 cm³/mol. The number of hydrogen-bond acceptors (Lipinski definition) is 5. The number of pyridine rings is 1. The second-order valence-corrected chi connectivity index (χ2v) is 7.35. The number of H-pyrrole nitrogens is 1. The fourth-order valence-corrected chi connectivity index (χ4v) is 3.95. The summed E-state index contributed by atoms with van der Waals surface area (Å²) in [5, 5.41) is 16.4. The summed E-state index contributed by atoms with van der Waals surface area (Å²) in [5.41, 5.74) is 8.14. The highest BCUT2D eigenvalue weighted by molar-refractivity contribution is 8.03. The third-order valence-electron chi connectivity index (χ3n) is 4.36. The van der Waals surface area contributed by atoms with Crippen LogP contribution in [0.25, 0.3) is 0 Å². The molecule has 1 aromatic heterocycles. The number of carbonyl (C=O) groups is 2. The Morgan fingerprint density at radius 3 is 2.55 bits per heavy atom. The molecule has 1 aliphatic rings. The van der Waals surface area contributed by atoms with Crippen molar-refractivity contribution in [2.45, 2.75) is 12.8 Å². The SMILES string of the molecule is CC1=C(C(=O)Nc2ccccc2)C(c2cc[nH+]cc2)C(C#N)=C(SCC(N)=O)N1. The lowest BCUT2D eigenvalue weighted by molar-refractivity contribution is -0.378. The number of rotatable bonds is 6. The number of anilines is 1. The van der Waals surface area contributed by atoms with Crippen LogP contribution in [-0.2, 0) is 9.59 Å². The van der Waals surface area contributed by atoms with Crippen LogP contribution in [0.5, 0.6) is 0 Å². The molecule has 1 unspecified atom stereocenters. The van der Waals surface area contributed by atoms with Crippen LogP contribution in [0.4, 0.5) is 5.69 Å². The van der Waals surface area contributed by atoms with Crippen LogP contribution in [0.1, 0.15) is 18.4 Å². The van der Waals surface area contributed by atoms with Gasteiger partial charge in [-0.05, 0) is 24.6 Å². The Morgan fingerprint density at radius 1 is 1.24 bits per heavy atom. The molecule has 8 heteroatoms. The van der Waals surface area contributed by atoms with Crippen LogP contribution < -0.4 is 21.4 Å². The molecule has 1 aliphatic heterocycles. The van der Waals surface area contributed by atoms with Crippen LogP contribution in [0.15, 0.2) is 76.7 Å². The summed E-state index contributed by atoms with van der Waals surface area (Å²) < 4.78 is 0. The van der Waals surface area contributed by atoms with Crippen molar-refractivity contribution in [3.8, 4) is 6.07 Å². The van der Waals surface area contributed by atoms with Crippen LogP contribution >= 0.6 is 11.8 Å². The monoisotopic (exact) mass is 406 g/mol. The van der Waals surface area contributed by atoms with E-state index in [4.69, 9.17) is 5.73 Å². The van der Waals surface area contributed by atoms with E-state index >= 15 is 0 Å². The van der Waals surface area contributed by atoms with Gasteiger partial charge in [-0.1, -0.05) is 30.0 Å². The Labute approximate surface area is 172 Å². The number of aromatic amines is 1. The average molecular weight is 406 g/mol. The molecular weight excluding hydrogens is 386 g/mol. The van der Waals surface area contributed by atoms with Crippen molar-refractivity contribution in [3.05, 3.63) is 82.3 Å². The predicted octanol–water partition coefficient (Wildman–Crippen LogP) is 2.05. The molecule has 0 radical (unpaired) electrons. The number of primary amides is 1. The summed E-state index contributed by atoms with van der Waals surface area (Å²) in [6, 6.07) is 15.0. The summed E-state index contributed by atoms with van der Waals surface area (Å²) in [7, 11) is 0. The van der Waals surface area contributed by atoms with Gasteiger partial charge in [-0.2, -0.15) is 5.26 Å². The van der Waals surface area contributed by atoms with Crippen molar-refractivity contribution < 1.29 is 14.6 Å². The van der Waals surface area contributed by atoms with Crippen LogP contribution in [0, 0.1) is 11.3 Å². The Bertz CT molecular complexity index is 1030. The van der Waals surface area contributed by atoms with E-state index in [-0.39, 0.29) is 11.7 Å². The molecule has 0 bridgehead atoms. The van der Waals surface area contributed by atoms with E-state index in [0.29, 0.717) is 27.6 Å². The number of nitriles is 1. The highest BCUT2D eigenvalue weighted by atomic mass is 32.2. The first-order valence-corrected chi connectivity index (χ1v) is 9.85. The molecule has 2 heterocycles. The molecule has 1 aromatic carbocycles. The molecule has 3 rings (SSSR count). The van der Waals surface area contributed by atoms with Crippen molar-refractivity contribution >= 4 is 29.3 Å². The second-order valence-electron chi connectivity index (χ2n) is 6.36. The van der Waals surface area contributed by atoms with E-state index in [9.17, 15) is 14.9 Å². The van der Waals surface area contributed by atoms with Crippen molar-refractivity contribution in [3.63, 3.8) is 0 Å². The third-order valence-corrected chi connectivity index (χ3v) is 5.40. The normalized spacial score (nSPS) is 16.1. The average Bonchev–Trinajstić information content (AvgIpc) is 2.72. The lowest BCUT2D eigenvalue weighted by Gasteiger charge is -2.29. The highest BCUT2D eigenvalue weighted by Crippen LogP contribution is 2.40. The van der Waals surface area contributed by atoms with Crippen LogP contribution in [0.3, 0.4) is 0 Å². The molecule has 7 nitrogen and oxygen atoms in total. The van der Waals surface area contributed by atoms with Gasteiger partial charge >= 0.3 is 0 Å². The minimum atomic E-state index is -0.574. The number of amides is 2. The highest BCUT2D eigenvalue weighted by Gasteiger charge is 2.35. The molecule has 0 fully saturated rings. The number of nitrogens with two attached hydrogens (primary N) is 1. The number of carbonyl (C=O) groups excluding carboxylic acids is 2. The van der Waals surface area contributed by atoms with E-state index < -0.39 is 11.8 Å². The molecule has 0 spiro atoms. The number of allylic oxidation sites excluding steroid dienone is 2. The lowest BCUT2D eigenvalue weighted by Crippen LogP contribution is -2.31. The number of nitrogens with one attached hydrogen (secondary N) is 3. The summed E-state index contributed by atoms with van der Waals surface area (Å²) >= 11 is 1.16. The molecule has 29 heavy (non-hydrogen) atoms. The molecule has 146 valence electrons. The van der Waals surface area contributed by atoms with Gasteiger partial charge in [-0.15, -0.1) is 0 Å². The van der Waals surface area contributed by atoms with Gasteiger partial charge in [0, 0.05) is 29.1 Å². The van der Waals surface area contributed by atoms with E-state index in [2.05, 4.69) is 21.7 Å². The summed E-state index contributed by atoms with van der Waals surface area (Å²) in [4.78, 5) is 27.4. The van der Waals surface area contributed by atoms with Gasteiger partial charge in [0.1, 0.15) is 0 Å². The van der Waals surface area contributed by atoms with E-state index in [1.54, 1.807) is 31.5 Å². The van der Waals surface area contributed by atoms with Crippen molar-refractivity contribution in [1.29, 1.82) is 5.26 Å². The summed E-state index contributed by atoms with van der Waals surface area (Å²) in [6.07, 6.45) is 3.48.